The summed E-state index contributed by atoms with van der Waals surface area (Å²) in [5, 5.41) is 4.30. The molecule has 2 N–H and O–H groups in total. The van der Waals surface area contributed by atoms with Gasteiger partial charge in [-0.3, -0.25) is 14.5 Å². The maximum Gasteiger partial charge on any atom is 0.417 e. The first-order valence-corrected chi connectivity index (χ1v) is 10.0. The van der Waals surface area contributed by atoms with Gasteiger partial charge in [-0.15, -0.1) is 0 Å². The van der Waals surface area contributed by atoms with E-state index in [0.717, 1.165) is 6.07 Å². The Hall–Kier alpha value is -3.47. The lowest BCUT2D eigenvalue weighted by Crippen LogP contribution is -2.46. The summed E-state index contributed by atoms with van der Waals surface area (Å²) in [6, 6.07) is 7.19. The van der Waals surface area contributed by atoms with Crippen LogP contribution in [0.1, 0.15) is 18.1 Å². The topological polar surface area (TPSA) is 97.0 Å². The summed E-state index contributed by atoms with van der Waals surface area (Å²) in [6.07, 6.45) is -4.59. The Balaban J connectivity index is 1.44. The van der Waals surface area contributed by atoms with Crippen molar-refractivity contribution in [3.05, 3.63) is 52.5 Å². The van der Waals surface area contributed by atoms with Crippen molar-refractivity contribution in [2.75, 3.05) is 18.7 Å². The number of anilines is 1. The van der Waals surface area contributed by atoms with Crippen molar-refractivity contribution in [2.24, 2.45) is 0 Å². The highest BCUT2D eigenvalue weighted by Crippen LogP contribution is 2.36. The van der Waals surface area contributed by atoms with Gasteiger partial charge in [-0.2, -0.15) is 13.2 Å². The molecule has 1 unspecified atom stereocenters. The second kappa shape index (κ2) is 8.14. The van der Waals surface area contributed by atoms with Crippen molar-refractivity contribution in [1.82, 2.24) is 10.2 Å². The van der Waals surface area contributed by atoms with Gasteiger partial charge in [-0.05, 0) is 42.8 Å². The van der Waals surface area contributed by atoms with Crippen LogP contribution in [0.4, 0.5) is 23.7 Å². The molecule has 4 rings (SSSR count). The molecule has 2 aliphatic rings. The predicted octanol–water partition coefficient (Wildman–Crippen LogP) is 3.58. The van der Waals surface area contributed by atoms with Gasteiger partial charge in [-0.1, -0.05) is 17.7 Å². The number of fused-ring (bicyclic) bond motifs is 1. The Morgan fingerprint density at radius 3 is 2.64 bits per heavy atom. The SMILES string of the molecule is CC1(Cc2ccc3c(c2)OCO3)NC(=O)N(CC(=O)Nc2ccc(Cl)c(C(F)(F)F)c2)C1=O. The smallest absolute Gasteiger partial charge is 0.417 e. The fourth-order valence-electron chi connectivity index (χ4n) is 3.63. The van der Waals surface area contributed by atoms with Gasteiger partial charge in [0.05, 0.1) is 10.6 Å². The number of nitrogens with one attached hydrogen (secondary N) is 2. The molecule has 4 amide bonds. The van der Waals surface area contributed by atoms with Crippen LogP contribution in [0.2, 0.25) is 5.02 Å². The minimum absolute atomic E-state index is 0.0900. The van der Waals surface area contributed by atoms with Crippen LogP contribution in [0.5, 0.6) is 11.5 Å². The summed E-state index contributed by atoms with van der Waals surface area (Å²) in [6.45, 7) is 0.933. The molecule has 0 radical (unpaired) electrons. The maximum atomic E-state index is 13.0. The molecule has 0 saturated carbocycles. The number of amides is 4. The van der Waals surface area contributed by atoms with Crippen LogP contribution in [0.25, 0.3) is 0 Å². The Morgan fingerprint density at radius 2 is 1.91 bits per heavy atom. The zero-order valence-electron chi connectivity index (χ0n) is 17.1. The van der Waals surface area contributed by atoms with E-state index < -0.39 is 46.7 Å². The molecule has 0 aliphatic carbocycles. The van der Waals surface area contributed by atoms with Gasteiger partial charge in [0.2, 0.25) is 12.7 Å². The number of benzene rings is 2. The predicted molar refractivity (Wildman–Crippen MR) is 110 cm³/mol. The van der Waals surface area contributed by atoms with Gasteiger partial charge in [0.1, 0.15) is 12.1 Å². The lowest BCUT2D eigenvalue weighted by Gasteiger charge is -2.22. The number of imide groups is 1. The van der Waals surface area contributed by atoms with Crippen molar-refractivity contribution < 1.29 is 37.0 Å². The molecular formula is C21H17ClF3N3O5. The largest absolute Gasteiger partial charge is 0.454 e. The van der Waals surface area contributed by atoms with Crippen molar-refractivity contribution in [1.29, 1.82) is 0 Å². The highest BCUT2D eigenvalue weighted by Gasteiger charge is 2.48. The number of hydrogen-bond donors (Lipinski definition) is 2. The van der Waals surface area contributed by atoms with E-state index in [1.807, 2.05) is 0 Å². The number of carbonyl (C=O) groups excluding carboxylic acids is 3. The van der Waals surface area contributed by atoms with Crippen LogP contribution in [0.15, 0.2) is 36.4 Å². The molecule has 0 aromatic heterocycles. The van der Waals surface area contributed by atoms with Gasteiger partial charge in [0.25, 0.3) is 5.91 Å². The second-order valence-electron chi connectivity index (χ2n) is 7.76. The van der Waals surface area contributed by atoms with Crippen LogP contribution in [0.3, 0.4) is 0 Å². The second-order valence-corrected chi connectivity index (χ2v) is 8.17. The third kappa shape index (κ3) is 4.54. The lowest BCUT2D eigenvalue weighted by atomic mass is 9.92. The number of halogens is 4. The Labute approximate surface area is 190 Å². The van der Waals surface area contributed by atoms with Crippen LogP contribution in [0, 0.1) is 0 Å². The first kappa shape index (κ1) is 22.7. The number of urea groups is 1. The van der Waals surface area contributed by atoms with E-state index in [1.54, 1.807) is 18.2 Å². The van der Waals surface area contributed by atoms with Gasteiger partial charge in [0, 0.05) is 12.1 Å². The van der Waals surface area contributed by atoms with E-state index >= 15 is 0 Å². The molecule has 174 valence electrons. The summed E-state index contributed by atoms with van der Waals surface area (Å²) < 4.78 is 49.6. The average molecular weight is 484 g/mol. The number of rotatable bonds is 5. The molecule has 2 aromatic rings. The summed E-state index contributed by atoms with van der Waals surface area (Å²) >= 11 is 5.57. The van der Waals surface area contributed by atoms with E-state index in [9.17, 15) is 27.6 Å². The van der Waals surface area contributed by atoms with E-state index in [4.69, 9.17) is 21.1 Å². The molecule has 2 aromatic carbocycles. The quantitative estimate of drug-likeness (QED) is 0.634. The minimum atomic E-state index is -4.71. The van der Waals surface area contributed by atoms with Gasteiger partial charge < -0.3 is 20.1 Å². The molecule has 1 atom stereocenters. The Kier molecular flexibility index (Phi) is 5.61. The van der Waals surface area contributed by atoms with E-state index in [1.165, 1.54) is 13.0 Å². The molecule has 1 fully saturated rings. The summed E-state index contributed by atoms with van der Waals surface area (Å²) in [5.74, 6) is -0.404. The third-order valence-corrected chi connectivity index (χ3v) is 5.53. The van der Waals surface area contributed by atoms with Crippen LogP contribution >= 0.6 is 11.6 Å². The molecule has 0 bridgehead atoms. The van der Waals surface area contributed by atoms with Crippen molar-refractivity contribution >= 4 is 35.1 Å². The molecule has 1 saturated heterocycles. The third-order valence-electron chi connectivity index (χ3n) is 5.20. The molecule has 2 heterocycles. The molecular weight excluding hydrogens is 467 g/mol. The van der Waals surface area contributed by atoms with Crippen molar-refractivity contribution in [3.63, 3.8) is 0 Å². The fraction of sp³-hybridized carbons (Fsp3) is 0.286. The number of carbonyl (C=O) groups is 3. The zero-order chi connectivity index (χ0) is 24.0. The summed E-state index contributed by atoms with van der Waals surface area (Å²) in [4.78, 5) is 38.4. The fourth-order valence-corrected chi connectivity index (χ4v) is 3.86. The summed E-state index contributed by atoms with van der Waals surface area (Å²) in [5.41, 5.74) is -1.92. The molecule has 33 heavy (non-hydrogen) atoms. The van der Waals surface area contributed by atoms with Crippen LogP contribution in [-0.2, 0) is 22.2 Å². The lowest BCUT2D eigenvalue weighted by molar-refractivity contribution is -0.137. The molecule has 0 spiro atoms. The van der Waals surface area contributed by atoms with Gasteiger partial charge in [-0.25, -0.2) is 4.79 Å². The molecule has 12 heteroatoms. The maximum absolute atomic E-state index is 13.0. The van der Waals surface area contributed by atoms with Gasteiger partial charge in [0.15, 0.2) is 11.5 Å². The zero-order valence-corrected chi connectivity index (χ0v) is 17.8. The monoisotopic (exact) mass is 483 g/mol. The molecule has 8 nitrogen and oxygen atoms in total. The summed E-state index contributed by atoms with van der Waals surface area (Å²) in [7, 11) is 0. The highest BCUT2D eigenvalue weighted by atomic mass is 35.5. The first-order valence-electron chi connectivity index (χ1n) is 9.65. The van der Waals surface area contributed by atoms with Gasteiger partial charge >= 0.3 is 12.2 Å². The Morgan fingerprint density at radius 1 is 1.18 bits per heavy atom. The number of ether oxygens (including phenoxy) is 2. The number of nitrogens with zero attached hydrogens (tertiary/aromatic N) is 1. The first-order chi connectivity index (χ1) is 15.5. The van der Waals surface area contributed by atoms with Crippen molar-refractivity contribution in [3.8, 4) is 11.5 Å². The van der Waals surface area contributed by atoms with Crippen LogP contribution in [-0.4, -0.2) is 41.6 Å². The Bertz CT molecular complexity index is 1160. The van der Waals surface area contributed by atoms with E-state index in [0.29, 0.717) is 28.0 Å². The minimum Gasteiger partial charge on any atom is -0.454 e. The van der Waals surface area contributed by atoms with Crippen LogP contribution < -0.4 is 20.1 Å². The molecule has 2 aliphatic heterocycles. The normalized spacial score (nSPS) is 19.6. The average Bonchev–Trinajstić information content (AvgIpc) is 3.26. The standard InChI is InChI=1S/C21H17ClF3N3O5/c1-20(8-11-2-5-15-16(6-11)33-10-32-15)18(30)28(19(31)27-20)9-17(29)26-12-3-4-14(22)13(7-12)21(23,24)25/h2-7H,8-10H2,1H3,(H,26,29)(H,27,31). The van der Waals surface area contributed by atoms with E-state index in [2.05, 4.69) is 10.6 Å². The van der Waals surface area contributed by atoms with Crippen molar-refractivity contribution in [2.45, 2.75) is 25.1 Å². The number of hydrogen-bond acceptors (Lipinski definition) is 5. The van der Waals surface area contributed by atoms with E-state index in [-0.39, 0.29) is 18.9 Å². The number of alkyl halides is 3. The highest BCUT2D eigenvalue weighted by molar-refractivity contribution is 6.31.